The van der Waals surface area contributed by atoms with E-state index >= 15 is 0 Å². The molecule has 2 aromatic carbocycles. The molecule has 2 aromatic rings. The fourth-order valence-corrected chi connectivity index (χ4v) is 2.72. The van der Waals surface area contributed by atoms with Gasteiger partial charge >= 0.3 is 29.6 Å². The number of aliphatic carboxylic acids is 1. The molecule has 0 aliphatic heterocycles. The number of carbonyl (C=O) groups is 1. The van der Waals surface area contributed by atoms with Crippen molar-refractivity contribution in [2.24, 2.45) is 5.92 Å². The summed E-state index contributed by atoms with van der Waals surface area (Å²) >= 11 is 12.3. The van der Waals surface area contributed by atoms with Gasteiger partial charge in [0.25, 0.3) is 0 Å². The van der Waals surface area contributed by atoms with Gasteiger partial charge in [0.2, 0.25) is 0 Å². The molecule has 23 heavy (non-hydrogen) atoms. The van der Waals surface area contributed by atoms with Crippen molar-refractivity contribution in [2.75, 3.05) is 5.32 Å². The topological polar surface area (TPSA) is 52.2 Å². The number of benzene rings is 2. The van der Waals surface area contributed by atoms with Crippen LogP contribution in [0.1, 0.15) is 18.9 Å². The molecule has 0 spiro atoms. The first kappa shape index (κ1) is 20.3. The van der Waals surface area contributed by atoms with Crippen LogP contribution in [0.5, 0.6) is 0 Å². The van der Waals surface area contributed by atoms with Crippen LogP contribution in [-0.4, -0.2) is 5.97 Å². The zero-order chi connectivity index (χ0) is 16.1. The number of hydrogen-bond acceptors (Lipinski definition) is 3. The van der Waals surface area contributed by atoms with E-state index in [0.717, 1.165) is 11.3 Å². The van der Waals surface area contributed by atoms with Gasteiger partial charge < -0.3 is 15.2 Å². The quantitative estimate of drug-likeness (QED) is 0.784. The smallest absolute Gasteiger partial charge is 0.550 e. The average molecular weight is 360 g/mol. The maximum absolute atomic E-state index is 11.1. The van der Waals surface area contributed by atoms with Gasteiger partial charge in [-0.2, -0.15) is 0 Å². The van der Waals surface area contributed by atoms with Gasteiger partial charge in [0, 0.05) is 17.6 Å². The van der Waals surface area contributed by atoms with E-state index in [1.165, 1.54) is 0 Å². The first-order valence-corrected chi connectivity index (χ1v) is 7.78. The molecule has 0 fully saturated rings. The minimum Gasteiger partial charge on any atom is -0.550 e. The Morgan fingerprint density at radius 2 is 1.74 bits per heavy atom. The number of rotatable bonds is 6. The van der Waals surface area contributed by atoms with Crippen LogP contribution in [0.2, 0.25) is 10.0 Å². The second kappa shape index (κ2) is 9.55. The van der Waals surface area contributed by atoms with Gasteiger partial charge in [-0.05, 0) is 36.6 Å². The normalized spacial score (nSPS) is 11.4. The van der Waals surface area contributed by atoms with Gasteiger partial charge in [-0.15, -0.1) is 0 Å². The Morgan fingerprint density at radius 1 is 1.13 bits per heavy atom. The number of nitrogens with one attached hydrogen (secondary N) is 1. The van der Waals surface area contributed by atoms with Gasteiger partial charge in [-0.25, -0.2) is 0 Å². The van der Waals surface area contributed by atoms with Crippen molar-refractivity contribution in [2.45, 2.75) is 19.8 Å². The molecule has 0 saturated heterocycles. The standard InChI is InChI=1S/C17H17Cl2NO2.Na/c1-2-11(17(21)22)10-12-6-3-4-9-15(12)20-16-13(18)7-5-8-14(16)19;/h3-9,11,20H,2,10H2,1H3,(H,21,22);/q;+1/p-1/t11-;/m0./s1. The van der Waals surface area contributed by atoms with Crippen LogP contribution in [-0.2, 0) is 11.2 Å². The van der Waals surface area contributed by atoms with Crippen LogP contribution < -0.4 is 40.0 Å². The van der Waals surface area contributed by atoms with Gasteiger partial charge in [0.1, 0.15) is 0 Å². The molecule has 0 heterocycles. The van der Waals surface area contributed by atoms with Crippen molar-refractivity contribution < 1.29 is 39.5 Å². The van der Waals surface area contributed by atoms with Crippen LogP contribution in [0.15, 0.2) is 42.5 Å². The fraction of sp³-hybridized carbons (Fsp3) is 0.235. The Kier molecular flexibility index (Phi) is 8.45. The number of hydrogen-bond donors (Lipinski definition) is 1. The van der Waals surface area contributed by atoms with E-state index in [2.05, 4.69) is 5.32 Å². The van der Waals surface area contributed by atoms with Crippen molar-refractivity contribution >= 4 is 40.5 Å². The van der Waals surface area contributed by atoms with E-state index in [-0.39, 0.29) is 29.6 Å². The summed E-state index contributed by atoms with van der Waals surface area (Å²) in [4.78, 5) is 11.1. The summed E-state index contributed by atoms with van der Waals surface area (Å²) in [6.45, 7) is 1.83. The SMILES string of the molecule is CC[C@@H](Cc1ccccc1Nc1c(Cl)cccc1Cl)C(=O)[O-].[Na+]. The molecule has 0 aromatic heterocycles. The molecule has 3 nitrogen and oxygen atoms in total. The Labute approximate surface area is 168 Å². The zero-order valence-electron chi connectivity index (χ0n) is 13.1. The average Bonchev–Trinajstić information content (AvgIpc) is 2.49. The van der Waals surface area contributed by atoms with E-state index in [9.17, 15) is 9.90 Å². The predicted molar refractivity (Wildman–Crippen MR) is 88.7 cm³/mol. The maximum Gasteiger partial charge on any atom is 1.00 e. The van der Waals surface area contributed by atoms with Crippen LogP contribution in [0, 0.1) is 5.92 Å². The largest absolute Gasteiger partial charge is 1.00 e. The Balaban J connectivity index is 0.00000264. The summed E-state index contributed by atoms with van der Waals surface area (Å²) < 4.78 is 0. The molecular weight excluding hydrogens is 344 g/mol. The molecule has 116 valence electrons. The first-order chi connectivity index (χ1) is 10.5. The van der Waals surface area contributed by atoms with Crippen molar-refractivity contribution in [1.82, 2.24) is 0 Å². The third-order valence-electron chi connectivity index (χ3n) is 3.53. The molecular formula is C17H16Cl2NNaO2. The molecule has 0 amide bonds. The number of para-hydroxylation sites is 2. The van der Waals surface area contributed by atoms with E-state index in [1.54, 1.807) is 18.2 Å². The predicted octanol–water partition coefficient (Wildman–Crippen LogP) is 1.06. The Bertz CT molecular complexity index is 659. The first-order valence-electron chi connectivity index (χ1n) is 7.02. The number of carboxylic acids is 1. The summed E-state index contributed by atoms with van der Waals surface area (Å²) in [5.41, 5.74) is 2.28. The van der Waals surface area contributed by atoms with Crippen LogP contribution in [0.3, 0.4) is 0 Å². The number of carbonyl (C=O) groups excluding carboxylic acids is 1. The van der Waals surface area contributed by atoms with E-state index in [0.29, 0.717) is 28.6 Å². The molecule has 6 heteroatoms. The van der Waals surface area contributed by atoms with Gasteiger partial charge in [-0.1, -0.05) is 54.4 Å². The maximum atomic E-state index is 11.1. The summed E-state index contributed by atoms with van der Waals surface area (Å²) in [6.07, 6.45) is 0.910. The minimum atomic E-state index is -1.03. The van der Waals surface area contributed by atoms with Gasteiger partial charge in [0.05, 0.1) is 15.7 Å². The molecule has 0 radical (unpaired) electrons. The summed E-state index contributed by atoms with van der Waals surface area (Å²) in [5.74, 6) is -1.56. The Hall–Kier alpha value is -0.710. The second-order valence-electron chi connectivity index (χ2n) is 5.01. The molecule has 0 bridgehead atoms. The Morgan fingerprint density at radius 3 is 2.30 bits per heavy atom. The van der Waals surface area contributed by atoms with E-state index in [1.807, 2.05) is 31.2 Å². The van der Waals surface area contributed by atoms with Gasteiger partial charge in [0.15, 0.2) is 0 Å². The van der Waals surface area contributed by atoms with Crippen molar-refractivity contribution in [3.05, 3.63) is 58.1 Å². The van der Waals surface area contributed by atoms with Crippen molar-refractivity contribution in [3.8, 4) is 0 Å². The summed E-state index contributed by atoms with van der Waals surface area (Å²) in [6, 6.07) is 12.8. The second-order valence-corrected chi connectivity index (χ2v) is 5.82. The minimum absolute atomic E-state index is 0. The van der Waals surface area contributed by atoms with E-state index in [4.69, 9.17) is 23.2 Å². The van der Waals surface area contributed by atoms with Crippen LogP contribution in [0.25, 0.3) is 0 Å². The summed E-state index contributed by atoms with van der Waals surface area (Å²) in [5, 5.41) is 15.4. The van der Waals surface area contributed by atoms with Gasteiger partial charge in [-0.3, -0.25) is 0 Å². The molecule has 1 atom stereocenters. The third kappa shape index (κ3) is 5.40. The molecule has 0 saturated carbocycles. The number of carboxylic acid groups (broad SMARTS) is 1. The van der Waals surface area contributed by atoms with Crippen LogP contribution >= 0.6 is 23.2 Å². The monoisotopic (exact) mass is 359 g/mol. The number of halogens is 2. The number of anilines is 2. The van der Waals surface area contributed by atoms with Crippen LogP contribution in [0.4, 0.5) is 11.4 Å². The van der Waals surface area contributed by atoms with Crippen molar-refractivity contribution in [1.29, 1.82) is 0 Å². The zero-order valence-corrected chi connectivity index (χ0v) is 16.6. The molecule has 0 unspecified atom stereocenters. The third-order valence-corrected chi connectivity index (χ3v) is 4.16. The molecule has 2 rings (SSSR count). The van der Waals surface area contributed by atoms with Crippen molar-refractivity contribution in [3.63, 3.8) is 0 Å². The van der Waals surface area contributed by atoms with E-state index < -0.39 is 11.9 Å². The molecule has 0 aliphatic carbocycles. The fourth-order valence-electron chi connectivity index (χ4n) is 2.23. The molecule has 1 N–H and O–H groups in total. The molecule has 0 aliphatic rings. The summed E-state index contributed by atoms with van der Waals surface area (Å²) in [7, 11) is 0.